The molecule has 1 saturated carbocycles. The van der Waals surface area contributed by atoms with Crippen LogP contribution >= 0.6 is 0 Å². The topological polar surface area (TPSA) is 85.5 Å². The van der Waals surface area contributed by atoms with Gasteiger partial charge < -0.3 is 9.42 Å². The third-order valence-electron chi connectivity index (χ3n) is 3.78. The average molecular weight is 301 g/mol. The summed E-state index contributed by atoms with van der Waals surface area (Å²) in [4.78, 5) is 6.49. The van der Waals surface area contributed by atoms with E-state index in [-0.39, 0.29) is 12.5 Å². The van der Waals surface area contributed by atoms with Crippen molar-refractivity contribution in [3.8, 4) is 0 Å². The Hall–Kier alpha value is -1.15. The quantitative estimate of drug-likeness (QED) is 0.754. The Balaban J connectivity index is 1.50. The Morgan fingerprint density at radius 2 is 2.00 bits per heavy atom. The van der Waals surface area contributed by atoms with Gasteiger partial charge in [-0.1, -0.05) is 5.16 Å². The summed E-state index contributed by atoms with van der Waals surface area (Å²) >= 11 is 0. The van der Waals surface area contributed by atoms with Crippen LogP contribution in [-0.2, 0) is 14.3 Å². The molecule has 1 aliphatic carbocycles. The summed E-state index contributed by atoms with van der Waals surface area (Å²) in [6.07, 6.45) is 5.14. The lowest BCUT2D eigenvalue weighted by Gasteiger charge is -2.29. The van der Waals surface area contributed by atoms with Gasteiger partial charge in [-0.25, -0.2) is 0 Å². The number of rotatable bonds is 5. The van der Waals surface area contributed by atoms with Crippen molar-refractivity contribution in [2.45, 2.75) is 31.6 Å². The lowest BCUT2D eigenvalue weighted by molar-refractivity contribution is 0.226. The molecule has 0 bridgehead atoms. The molecule has 2 heterocycles. The number of aromatic nitrogens is 2. The highest BCUT2D eigenvalue weighted by Crippen LogP contribution is 2.39. The summed E-state index contributed by atoms with van der Waals surface area (Å²) in [5.74, 6) is 1.59. The van der Waals surface area contributed by atoms with Gasteiger partial charge in [-0.05, 0) is 31.6 Å². The first-order valence-corrected chi connectivity index (χ1v) is 8.76. The number of nitrogens with zero attached hydrogens (tertiary/aromatic N) is 3. The molecule has 20 heavy (non-hydrogen) atoms. The smallest absolute Gasteiger partial charge is 0.324 e. The van der Waals surface area contributed by atoms with Gasteiger partial charge in [-0.3, -0.25) is 4.18 Å². The number of anilines is 1. The first-order valence-electron chi connectivity index (χ1n) is 6.94. The van der Waals surface area contributed by atoms with E-state index >= 15 is 0 Å². The van der Waals surface area contributed by atoms with Crippen LogP contribution in [0.4, 0.5) is 6.01 Å². The first kappa shape index (κ1) is 13.8. The van der Waals surface area contributed by atoms with Crippen LogP contribution in [0.15, 0.2) is 4.52 Å². The van der Waals surface area contributed by atoms with Crippen molar-refractivity contribution in [2.24, 2.45) is 5.92 Å². The van der Waals surface area contributed by atoms with Crippen LogP contribution in [0.25, 0.3) is 0 Å². The molecule has 1 aliphatic heterocycles. The van der Waals surface area contributed by atoms with Crippen LogP contribution in [0.1, 0.15) is 37.4 Å². The van der Waals surface area contributed by atoms with Gasteiger partial charge in [0.05, 0.1) is 12.9 Å². The summed E-state index contributed by atoms with van der Waals surface area (Å²) in [7, 11) is -3.34. The molecular formula is C12H19N3O4S. The van der Waals surface area contributed by atoms with Crippen molar-refractivity contribution in [1.29, 1.82) is 0 Å². The van der Waals surface area contributed by atoms with Gasteiger partial charge in [0, 0.05) is 19.0 Å². The highest BCUT2D eigenvalue weighted by Gasteiger charge is 2.30. The van der Waals surface area contributed by atoms with Crippen molar-refractivity contribution in [2.75, 3.05) is 30.9 Å². The van der Waals surface area contributed by atoms with Crippen molar-refractivity contribution in [3.63, 3.8) is 0 Å². The normalized spacial score (nSPS) is 21.4. The number of hydrogen-bond acceptors (Lipinski definition) is 7. The van der Waals surface area contributed by atoms with Crippen LogP contribution in [0.2, 0.25) is 0 Å². The van der Waals surface area contributed by atoms with E-state index in [0.717, 1.165) is 50.9 Å². The molecule has 0 N–H and O–H groups in total. The summed E-state index contributed by atoms with van der Waals surface area (Å²) in [5, 5.41) is 4.01. The molecule has 112 valence electrons. The standard InChI is InChI=1S/C12H19N3O4S/c1-20(16,17)18-8-9-4-6-15(7-5-9)12-13-11(14-19-12)10-2-3-10/h9-10H,2-8H2,1H3. The lowest BCUT2D eigenvalue weighted by atomic mass is 9.98. The molecule has 3 rings (SSSR count). The van der Waals surface area contributed by atoms with E-state index < -0.39 is 10.1 Å². The highest BCUT2D eigenvalue weighted by molar-refractivity contribution is 7.85. The molecule has 0 aromatic carbocycles. The molecule has 8 heteroatoms. The first-order chi connectivity index (χ1) is 9.51. The van der Waals surface area contributed by atoms with Gasteiger partial charge >= 0.3 is 6.01 Å². The van der Waals surface area contributed by atoms with Crippen LogP contribution in [0.3, 0.4) is 0 Å². The predicted octanol–water partition coefficient (Wildman–Crippen LogP) is 1.14. The van der Waals surface area contributed by atoms with Crippen molar-refractivity contribution in [1.82, 2.24) is 10.1 Å². The molecule has 0 atom stereocenters. The lowest BCUT2D eigenvalue weighted by Crippen LogP contribution is -2.35. The maximum atomic E-state index is 11.0. The molecular weight excluding hydrogens is 282 g/mol. The van der Waals surface area contributed by atoms with E-state index in [1.807, 2.05) is 0 Å². The molecule has 0 radical (unpaired) electrons. The predicted molar refractivity (Wildman–Crippen MR) is 72.0 cm³/mol. The molecule has 0 amide bonds. The van der Waals surface area contributed by atoms with Gasteiger partial charge in [-0.2, -0.15) is 13.4 Å². The molecule has 0 unspecified atom stereocenters. The van der Waals surface area contributed by atoms with Crippen LogP contribution in [0.5, 0.6) is 0 Å². The van der Waals surface area contributed by atoms with Crippen LogP contribution < -0.4 is 4.90 Å². The largest absolute Gasteiger partial charge is 0.324 e. The molecule has 1 aromatic rings. The van der Waals surface area contributed by atoms with Gasteiger partial charge in [0.1, 0.15) is 0 Å². The fourth-order valence-corrected chi connectivity index (χ4v) is 2.81. The summed E-state index contributed by atoms with van der Waals surface area (Å²) in [6, 6.07) is 0.592. The van der Waals surface area contributed by atoms with E-state index in [4.69, 9.17) is 8.71 Å². The molecule has 7 nitrogen and oxygen atoms in total. The van der Waals surface area contributed by atoms with Gasteiger partial charge in [-0.15, -0.1) is 0 Å². The molecule has 1 aromatic heterocycles. The van der Waals surface area contributed by atoms with E-state index in [1.165, 1.54) is 0 Å². The zero-order valence-electron chi connectivity index (χ0n) is 11.5. The fraction of sp³-hybridized carbons (Fsp3) is 0.833. The Labute approximate surface area is 118 Å². The van der Waals surface area contributed by atoms with Crippen molar-refractivity contribution in [3.05, 3.63) is 5.82 Å². The van der Waals surface area contributed by atoms with E-state index in [1.54, 1.807) is 0 Å². The summed E-state index contributed by atoms with van der Waals surface area (Å²) < 4.78 is 32.1. The van der Waals surface area contributed by atoms with Crippen LogP contribution in [0, 0.1) is 5.92 Å². The van der Waals surface area contributed by atoms with Crippen LogP contribution in [-0.4, -0.2) is 44.5 Å². The molecule has 2 aliphatic rings. The Morgan fingerprint density at radius 1 is 1.30 bits per heavy atom. The van der Waals surface area contributed by atoms with E-state index in [2.05, 4.69) is 15.0 Å². The van der Waals surface area contributed by atoms with E-state index in [9.17, 15) is 8.42 Å². The second-order valence-electron chi connectivity index (χ2n) is 5.63. The van der Waals surface area contributed by atoms with Gasteiger partial charge in [0.15, 0.2) is 5.82 Å². The number of hydrogen-bond donors (Lipinski definition) is 0. The Kier molecular flexibility index (Phi) is 3.68. The zero-order chi connectivity index (χ0) is 14.2. The zero-order valence-corrected chi connectivity index (χ0v) is 12.3. The summed E-state index contributed by atoms with van der Waals surface area (Å²) in [5.41, 5.74) is 0. The van der Waals surface area contributed by atoms with Crippen molar-refractivity contribution >= 4 is 16.1 Å². The van der Waals surface area contributed by atoms with Crippen molar-refractivity contribution < 1.29 is 17.1 Å². The molecule has 2 fully saturated rings. The maximum absolute atomic E-state index is 11.0. The third kappa shape index (κ3) is 3.49. The van der Waals surface area contributed by atoms with Gasteiger partial charge in [0.2, 0.25) is 0 Å². The average Bonchev–Trinajstić information content (AvgIpc) is 3.14. The SMILES string of the molecule is CS(=O)(=O)OCC1CCN(c2nc(C3CC3)no2)CC1. The fourth-order valence-electron chi connectivity index (χ4n) is 2.37. The highest BCUT2D eigenvalue weighted by atomic mass is 32.2. The molecule has 0 spiro atoms. The van der Waals surface area contributed by atoms with E-state index in [0.29, 0.717) is 11.9 Å². The van der Waals surface area contributed by atoms with Gasteiger partial charge in [0.25, 0.3) is 10.1 Å². The minimum absolute atomic E-state index is 0.268. The minimum atomic E-state index is -3.34. The second-order valence-corrected chi connectivity index (χ2v) is 7.27. The third-order valence-corrected chi connectivity index (χ3v) is 4.34. The Morgan fingerprint density at radius 3 is 2.60 bits per heavy atom. The maximum Gasteiger partial charge on any atom is 0.324 e. The monoisotopic (exact) mass is 301 g/mol. The second kappa shape index (κ2) is 5.33. The minimum Gasteiger partial charge on any atom is -0.324 e. The molecule has 1 saturated heterocycles. The summed E-state index contributed by atoms with van der Waals surface area (Å²) in [6.45, 7) is 1.86. The number of piperidine rings is 1. The Bertz CT molecular complexity index is 559.